The van der Waals surface area contributed by atoms with E-state index in [9.17, 15) is 4.79 Å². The van der Waals surface area contributed by atoms with Crippen LogP contribution in [0.1, 0.15) is 34.7 Å². The highest BCUT2D eigenvalue weighted by atomic mass is 16.5. The van der Waals surface area contributed by atoms with Crippen LogP contribution < -0.4 is 0 Å². The lowest BCUT2D eigenvalue weighted by Gasteiger charge is -2.30. The number of rotatable bonds is 4. The number of aromatic nitrogens is 1. The zero-order valence-corrected chi connectivity index (χ0v) is 12.3. The van der Waals surface area contributed by atoms with Crippen LogP contribution in [0.5, 0.6) is 0 Å². The topological polar surface area (TPSA) is 46.3 Å². The van der Waals surface area contributed by atoms with E-state index in [-0.39, 0.29) is 11.7 Å². The van der Waals surface area contributed by atoms with Crippen molar-refractivity contribution < 1.29 is 9.32 Å². The molecule has 0 spiro atoms. The number of nitrogens with zero attached hydrogens (tertiary/aromatic N) is 2. The number of hydrogen-bond acceptors (Lipinski definition) is 4. The summed E-state index contributed by atoms with van der Waals surface area (Å²) in [5.41, 5.74) is 1.75. The van der Waals surface area contributed by atoms with Gasteiger partial charge in [0.25, 0.3) is 0 Å². The number of piperidine rings is 1. The van der Waals surface area contributed by atoms with Crippen molar-refractivity contribution >= 4 is 5.78 Å². The summed E-state index contributed by atoms with van der Waals surface area (Å²) >= 11 is 0. The van der Waals surface area contributed by atoms with Gasteiger partial charge in [0, 0.05) is 17.5 Å². The minimum Gasteiger partial charge on any atom is -0.360 e. The van der Waals surface area contributed by atoms with Crippen LogP contribution in [0, 0.1) is 12.8 Å². The van der Waals surface area contributed by atoms with Crippen molar-refractivity contribution in [1.29, 1.82) is 0 Å². The van der Waals surface area contributed by atoms with Gasteiger partial charge in [0.15, 0.2) is 11.5 Å². The highest BCUT2D eigenvalue weighted by Gasteiger charge is 2.26. The molecule has 1 aliphatic rings. The number of carbonyl (C=O) groups is 1. The van der Waals surface area contributed by atoms with Crippen molar-refractivity contribution in [3.8, 4) is 0 Å². The van der Waals surface area contributed by atoms with Crippen LogP contribution in [-0.2, 0) is 6.54 Å². The molecule has 0 radical (unpaired) electrons. The van der Waals surface area contributed by atoms with Crippen LogP contribution in [0.4, 0.5) is 0 Å². The van der Waals surface area contributed by atoms with E-state index in [0.29, 0.717) is 0 Å². The summed E-state index contributed by atoms with van der Waals surface area (Å²) in [6, 6.07) is 11.6. The molecule has 0 amide bonds. The van der Waals surface area contributed by atoms with Gasteiger partial charge >= 0.3 is 0 Å². The molecule has 4 heteroatoms. The zero-order chi connectivity index (χ0) is 14.7. The number of ketones is 1. The fraction of sp³-hybridized carbons (Fsp3) is 0.412. The van der Waals surface area contributed by atoms with Crippen molar-refractivity contribution in [3.05, 3.63) is 53.4 Å². The van der Waals surface area contributed by atoms with Crippen LogP contribution >= 0.6 is 0 Å². The Labute approximate surface area is 124 Å². The Balaban J connectivity index is 1.54. The van der Waals surface area contributed by atoms with E-state index in [2.05, 4.69) is 10.1 Å². The molecule has 0 saturated carbocycles. The smallest absolute Gasteiger partial charge is 0.166 e. The molecule has 0 N–H and O–H groups in total. The lowest BCUT2D eigenvalue weighted by Crippen LogP contribution is -2.35. The first kappa shape index (κ1) is 14.0. The first-order chi connectivity index (χ1) is 10.2. The largest absolute Gasteiger partial charge is 0.360 e. The molecule has 0 atom stereocenters. The van der Waals surface area contributed by atoms with E-state index in [4.69, 9.17) is 4.52 Å². The summed E-state index contributed by atoms with van der Waals surface area (Å²) in [5, 5.41) is 3.91. The van der Waals surface area contributed by atoms with Gasteiger partial charge in [0.2, 0.25) is 0 Å². The van der Waals surface area contributed by atoms with Gasteiger partial charge in [-0.05, 0) is 32.9 Å². The number of benzene rings is 1. The summed E-state index contributed by atoms with van der Waals surface area (Å²) in [6.45, 7) is 4.58. The molecule has 0 bridgehead atoms. The molecule has 3 rings (SSSR count). The van der Waals surface area contributed by atoms with E-state index in [1.165, 1.54) is 0 Å². The predicted octanol–water partition coefficient (Wildman–Crippen LogP) is 3.08. The van der Waals surface area contributed by atoms with Crippen molar-refractivity contribution in [1.82, 2.24) is 10.1 Å². The standard InChI is InChI=1S/C17H20N2O2/c1-13-11-16(21-18-13)12-19-9-7-15(8-10-19)17(20)14-5-3-2-4-6-14/h2-6,11,15H,7-10,12H2,1H3. The molecule has 1 aromatic carbocycles. The number of carbonyl (C=O) groups excluding carboxylic acids is 1. The number of hydrogen-bond donors (Lipinski definition) is 0. The average Bonchev–Trinajstić information content (AvgIpc) is 2.93. The Morgan fingerprint density at radius 1 is 1.29 bits per heavy atom. The minimum atomic E-state index is 0.153. The van der Waals surface area contributed by atoms with E-state index in [1.54, 1.807) is 0 Å². The highest BCUT2D eigenvalue weighted by Crippen LogP contribution is 2.23. The van der Waals surface area contributed by atoms with Crippen molar-refractivity contribution in [3.63, 3.8) is 0 Å². The van der Waals surface area contributed by atoms with Gasteiger partial charge in [-0.15, -0.1) is 0 Å². The fourth-order valence-corrected chi connectivity index (χ4v) is 2.90. The van der Waals surface area contributed by atoms with E-state index < -0.39 is 0 Å². The third kappa shape index (κ3) is 3.39. The molecule has 21 heavy (non-hydrogen) atoms. The Morgan fingerprint density at radius 3 is 2.62 bits per heavy atom. The molecular weight excluding hydrogens is 264 g/mol. The van der Waals surface area contributed by atoms with E-state index in [0.717, 1.165) is 49.5 Å². The molecule has 2 heterocycles. The van der Waals surface area contributed by atoms with Crippen molar-refractivity contribution in [2.24, 2.45) is 5.92 Å². The molecule has 4 nitrogen and oxygen atoms in total. The Kier molecular flexibility index (Phi) is 4.15. The molecule has 1 aliphatic heterocycles. The van der Waals surface area contributed by atoms with Gasteiger partial charge in [-0.1, -0.05) is 35.5 Å². The van der Waals surface area contributed by atoms with E-state index >= 15 is 0 Å². The first-order valence-corrected chi connectivity index (χ1v) is 7.46. The molecule has 0 aliphatic carbocycles. The van der Waals surface area contributed by atoms with Crippen LogP contribution in [0.15, 0.2) is 40.9 Å². The summed E-state index contributed by atoms with van der Waals surface area (Å²) < 4.78 is 5.25. The third-order valence-electron chi connectivity index (χ3n) is 4.07. The maximum Gasteiger partial charge on any atom is 0.166 e. The normalized spacial score (nSPS) is 17.0. The molecular formula is C17H20N2O2. The number of Topliss-reactive ketones (excluding diaryl/α,β-unsaturated/α-hetero) is 1. The molecule has 1 saturated heterocycles. The van der Waals surface area contributed by atoms with Gasteiger partial charge in [-0.3, -0.25) is 9.69 Å². The summed E-state index contributed by atoms with van der Waals surface area (Å²) in [6.07, 6.45) is 1.84. The second-order valence-electron chi connectivity index (χ2n) is 5.72. The van der Waals surface area contributed by atoms with Gasteiger partial charge in [0.1, 0.15) is 0 Å². The van der Waals surface area contributed by atoms with Gasteiger partial charge in [-0.2, -0.15) is 0 Å². The van der Waals surface area contributed by atoms with Crippen molar-refractivity contribution in [2.45, 2.75) is 26.3 Å². The summed E-state index contributed by atoms with van der Waals surface area (Å²) in [5.74, 6) is 1.34. The maximum atomic E-state index is 12.4. The quantitative estimate of drug-likeness (QED) is 0.809. The lowest BCUT2D eigenvalue weighted by atomic mass is 9.89. The van der Waals surface area contributed by atoms with Gasteiger partial charge < -0.3 is 4.52 Å². The maximum absolute atomic E-state index is 12.4. The van der Waals surface area contributed by atoms with E-state index in [1.807, 2.05) is 43.3 Å². The van der Waals surface area contributed by atoms with Crippen LogP contribution in [0.2, 0.25) is 0 Å². The highest BCUT2D eigenvalue weighted by molar-refractivity contribution is 5.97. The van der Waals surface area contributed by atoms with Crippen LogP contribution in [0.25, 0.3) is 0 Å². The zero-order valence-electron chi connectivity index (χ0n) is 12.3. The lowest BCUT2D eigenvalue weighted by molar-refractivity contribution is 0.0827. The summed E-state index contributed by atoms with van der Waals surface area (Å²) in [4.78, 5) is 14.7. The monoisotopic (exact) mass is 284 g/mol. The van der Waals surface area contributed by atoms with Crippen LogP contribution in [0.3, 0.4) is 0 Å². The first-order valence-electron chi connectivity index (χ1n) is 7.46. The predicted molar refractivity (Wildman–Crippen MR) is 80.0 cm³/mol. The second-order valence-corrected chi connectivity index (χ2v) is 5.72. The average molecular weight is 284 g/mol. The minimum absolute atomic E-state index is 0.153. The molecule has 110 valence electrons. The third-order valence-corrected chi connectivity index (χ3v) is 4.07. The molecule has 0 unspecified atom stereocenters. The number of likely N-dealkylation sites (tertiary alicyclic amines) is 1. The Bertz CT molecular complexity index is 598. The van der Waals surface area contributed by atoms with Crippen molar-refractivity contribution in [2.75, 3.05) is 13.1 Å². The second kappa shape index (κ2) is 6.22. The summed E-state index contributed by atoms with van der Waals surface area (Å²) in [7, 11) is 0. The number of aryl methyl sites for hydroxylation is 1. The fourth-order valence-electron chi connectivity index (χ4n) is 2.90. The molecule has 1 fully saturated rings. The Hall–Kier alpha value is -1.94. The molecule has 2 aromatic rings. The SMILES string of the molecule is Cc1cc(CN2CCC(C(=O)c3ccccc3)CC2)on1. The van der Waals surface area contributed by atoms with Gasteiger partial charge in [0.05, 0.1) is 12.2 Å². The Morgan fingerprint density at radius 2 is 2.00 bits per heavy atom. The molecule has 1 aromatic heterocycles. The van der Waals surface area contributed by atoms with Gasteiger partial charge in [-0.25, -0.2) is 0 Å². The van der Waals surface area contributed by atoms with Crippen LogP contribution in [-0.4, -0.2) is 28.9 Å².